The fourth-order valence-corrected chi connectivity index (χ4v) is 1.17. The Bertz CT molecular complexity index is 493. The highest BCUT2D eigenvalue weighted by atomic mass is 19.3. The molecule has 9 heteroatoms. The van der Waals surface area contributed by atoms with Gasteiger partial charge in [-0.3, -0.25) is 4.79 Å². The first-order chi connectivity index (χ1) is 8.36. The second-order valence-corrected chi connectivity index (χ2v) is 3.14. The van der Waals surface area contributed by atoms with Gasteiger partial charge >= 0.3 is 11.8 Å². The molecule has 6 nitrogen and oxygen atoms in total. The van der Waals surface area contributed by atoms with Crippen molar-refractivity contribution < 1.29 is 27.6 Å². The molecule has 18 heavy (non-hydrogen) atoms. The largest absolute Gasteiger partial charge is 0.469 e. The summed E-state index contributed by atoms with van der Waals surface area (Å²) in [4.78, 5) is 23.4. The lowest BCUT2D eigenvalue weighted by molar-refractivity contribution is -0.391. The summed E-state index contributed by atoms with van der Waals surface area (Å²) in [6, 6.07) is 0.300. The van der Waals surface area contributed by atoms with Gasteiger partial charge in [0.2, 0.25) is 0 Å². The molecular weight excluding hydrogens is 257 g/mol. The minimum atomic E-state index is -3.24. The van der Waals surface area contributed by atoms with Gasteiger partial charge in [0.1, 0.15) is 12.0 Å². The quantitative estimate of drug-likeness (QED) is 0.470. The Balaban J connectivity index is 3.27. The van der Waals surface area contributed by atoms with E-state index in [9.17, 15) is 28.1 Å². The van der Waals surface area contributed by atoms with Gasteiger partial charge in [0.15, 0.2) is 11.5 Å². The van der Waals surface area contributed by atoms with Crippen molar-refractivity contribution in [1.29, 1.82) is 0 Å². The van der Waals surface area contributed by atoms with Crippen molar-refractivity contribution >= 4 is 11.8 Å². The van der Waals surface area contributed by atoms with Gasteiger partial charge in [-0.15, -0.1) is 0 Å². The number of aromatic nitrogens is 1. The second kappa shape index (κ2) is 5.43. The van der Waals surface area contributed by atoms with Crippen molar-refractivity contribution in [2.24, 2.45) is 0 Å². The van der Waals surface area contributed by atoms with E-state index in [1.54, 1.807) is 0 Å². The molecule has 1 aromatic heterocycles. The number of nitrogens with zero attached hydrogens (tertiary/aromatic N) is 2. The predicted octanol–water partition coefficient (Wildman–Crippen LogP) is 1.78. The molecule has 0 aromatic carbocycles. The lowest BCUT2D eigenvalue weighted by Gasteiger charge is -2.03. The standard InChI is InChI=1S/C9H7F3N2O4/c1-18-7(15)3-6-5(10)2-4(8(11)12)9(13-6)14(16)17/h2,8H,3H2,1H3. The highest BCUT2D eigenvalue weighted by Crippen LogP contribution is 2.28. The molecule has 0 bridgehead atoms. The fourth-order valence-electron chi connectivity index (χ4n) is 1.17. The molecule has 0 aliphatic heterocycles. The Morgan fingerprint density at radius 3 is 2.67 bits per heavy atom. The summed E-state index contributed by atoms with van der Waals surface area (Å²) >= 11 is 0. The van der Waals surface area contributed by atoms with Crippen LogP contribution >= 0.6 is 0 Å². The van der Waals surface area contributed by atoms with Crippen LogP contribution in [0.25, 0.3) is 0 Å². The molecular formula is C9H7F3N2O4. The molecule has 98 valence electrons. The van der Waals surface area contributed by atoms with Crippen LogP contribution in [0.3, 0.4) is 0 Å². The molecule has 0 N–H and O–H groups in total. The van der Waals surface area contributed by atoms with Crippen LogP contribution in [0, 0.1) is 15.9 Å². The maximum absolute atomic E-state index is 13.3. The summed E-state index contributed by atoms with van der Waals surface area (Å²) < 4.78 is 42.4. The molecule has 0 radical (unpaired) electrons. The zero-order chi connectivity index (χ0) is 13.9. The molecule has 0 unspecified atom stereocenters. The highest BCUT2D eigenvalue weighted by molar-refractivity contribution is 5.72. The van der Waals surface area contributed by atoms with E-state index in [1.165, 1.54) is 0 Å². The first kappa shape index (κ1) is 13.9. The SMILES string of the molecule is COC(=O)Cc1nc([N+](=O)[O-])c(C(F)F)cc1F. The maximum atomic E-state index is 13.3. The van der Waals surface area contributed by atoms with Crippen LogP contribution in [0.15, 0.2) is 6.07 Å². The number of alkyl halides is 2. The van der Waals surface area contributed by atoms with Gasteiger partial charge in [-0.25, -0.2) is 13.2 Å². The van der Waals surface area contributed by atoms with E-state index in [0.29, 0.717) is 6.07 Å². The average molecular weight is 264 g/mol. The van der Waals surface area contributed by atoms with E-state index < -0.39 is 46.6 Å². The van der Waals surface area contributed by atoms with Crippen LogP contribution in [-0.4, -0.2) is 23.0 Å². The number of pyridine rings is 1. The number of hydrogen-bond donors (Lipinski definition) is 0. The molecule has 1 heterocycles. The molecule has 0 aliphatic carbocycles. The van der Waals surface area contributed by atoms with Crippen LogP contribution in [0.2, 0.25) is 0 Å². The number of methoxy groups -OCH3 is 1. The maximum Gasteiger partial charge on any atom is 0.372 e. The lowest BCUT2D eigenvalue weighted by atomic mass is 10.2. The van der Waals surface area contributed by atoms with Gasteiger partial charge in [0.25, 0.3) is 6.43 Å². The lowest BCUT2D eigenvalue weighted by Crippen LogP contribution is -2.11. The fraction of sp³-hybridized carbons (Fsp3) is 0.333. The smallest absolute Gasteiger partial charge is 0.372 e. The molecule has 0 fully saturated rings. The van der Waals surface area contributed by atoms with Gasteiger partial charge in [-0.05, 0) is 16.0 Å². The number of carbonyl (C=O) groups excluding carboxylic acids is 1. The zero-order valence-corrected chi connectivity index (χ0v) is 9.02. The molecule has 0 saturated carbocycles. The monoisotopic (exact) mass is 264 g/mol. The molecule has 0 saturated heterocycles. The van der Waals surface area contributed by atoms with E-state index >= 15 is 0 Å². The zero-order valence-electron chi connectivity index (χ0n) is 9.02. The normalized spacial score (nSPS) is 10.5. The Kier molecular flexibility index (Phi) is 4.18. The van der Waals surface area contributed by atoms with Crippen molar-refractivity contribution in [3.63, 3.8) is 0 Å². The van der Waals surface area contributed by atoms with Crippen molar-refractivity contribution in [2.75, 3.05) is 7.11 Å². The van der Waals surface area contributed by atoms with Gasteiger partial charge in [0.05, 0.1) is 7.11 Å². The predicted molar refractivity (Wildman–Crippen MR) is 51.5 cm³/mol. The van der Waals surface area contributed by atoms with Crippen LogP contribution in [-0.2, 0) is 16.0 Å². The summed E-state index contributed by atoms with van der Waals surface area (Å²) in [5.41, 5.74) is -1.75. The van der Waals surface area contributed by atoms with Gasteiger partial charge in [-0.1, -0.05) is 0 Å². The third-order valence-corrected chi connectivity index (χ3v) is 2.00. The molecule has 1 rings (SSSR count). The third-order valence-electron chi connectivity index (χ3n) is 2.00. The first-order valence-electron chi connectivity index (χ1n) is 4.55. The summed E-state index contributed by atoms with van der Waals surface area (Å²) in [6.07, 6.45) is -3.91. The number of nitro groups is 1. The Labute approximate surface area is 98.5 Å². The van der Waals surface area contributed by atoms with Crippen molar-refractivity contribution in [2.45, 2.75) is 12.8 Å². The molecule has 0 atom stereocenters. The van der Waals surface area contributed by atoms with Crippen molar-refractivity contribution in [1.82, 2.24) is 4.98 Å². The number of halogens is 3. The topological polar surface area (TPSA) is 82.3 Å². The Morgan fingerprint density at radius 1 is 1.61 bits per heavy atom. The van der Waals surface area contributed by atoms with Crippen LogP contribution in [0.5, 0.6) is 0 Å². The number of carbonyl (C=O) groups is 1. The molecule has 0 aliphatic rings. The van der Waals surface area contributed by atoms with Crippen molar-refractivity contribution in [3.8, 4) is 0 Å². The Morgan fingerprint density at radius 2 is 2.22 bits per heavy atom. The van der Waals surface area contributed by atoms with Gasteiger partial charge < -0.3 is 14.9 Å². The van der Waals surface area contributed by atoms with E-state index in [2.05, 4.69) is 9.72 Å². The van der Waals surface area contributed by atoms with Crippen molar-refractivity contribution in [3.05, 3.63) is 33.3 Å². The number of ether oxygens (including phenoxy) is 1. The Hall–Kier alpha value is -2.19. The number of hydrogen-bond acceptors (Lipinski definition) is 5. The first-order valence-corrected chi connectivity index (χ1v) is 4.55. The molecule has 1 aromatic rings. The third kappa shape index (κ3) is 2.93. The number of rotatable bonds is 4. The number of esters is 1. The van der Waals surface area contributed by atoms with E-state index in [0.717, 1.165) is 7.11 Å². The second-order valence-electron chi connectivity index (χ2n) is 3.14. The van der Waals surface area contributed by atoms with Crippen LogP contribution < -0.4 is 0 Å². The highest BCUT2D eigenvalue weighted by Gasteiger charge is 2.28. The van der Waals surface area contributed by atoms with Gasteiger partial charge in [0, 0.05) is 0 Å². The molecule has 0 amide bonds. The summed E-state index contributed by atoms with van der Waals surface area (Å²) in [7, 11) is 1.03. The minimum Gasteiger partial charge on any atom is -0.469 e. The average Bonchev–Trinajstić information content (AvgIpc) is 2.30. The summed E-state index contributed by atoms with van der Waals surface area (Å²) in [5.74, 6) is -3.29. The summed E-state index contributed by atoms with van der Waals surface area (Å²) in [6.45, 7) is 0. The minimum absolute atomic E-state index is 0.300. The summed E-state index contributed by atoms with van der Waals surface area (Å²) in [5, 5.41) is 10.5. The van der Waals surface area contributed by atoms with Crippen LogP contribution in [0.4, 0.5) is 19.0 Å². The van der Waals surface area contributed by atoms with Crippen LogP contribution in [0.1, 0.15) is 17.7 Å². The van der Waals surface area contributed by atoms with E-state index in [4.69, 9.17) is 0 Å². The van der Waals surface area contributed by atoms with E-state index in [-0.39, 0.29) is 0 Å². The molecule has 0 spiro atoms. The van der Waals surface area contributed by atoms with Gasteiger partial charge in [-0.2, -0.15) is 0 Å². The van der Waals surface area contributed by atoms with E-state index in [1.807, 2.05) is 0 Å².